The lowest BCUT2D eigenvalue weighted by Crippen LogP contribution is -2.13. The van der Waals surface area contributed by atoms with Crippen molar-refractivity contribution >= 4 is 22.9 Å². The van der Waals surface area contributed by atoms with Crippen molar-refractivity contribution in [1.29, 1.82) is 0 Å². The van der Waals surface area contributed by atoms with Gasteiger partial charge in [-0.2, -0.15) is 0 Å². The molecule has 0 N–H and O–H groups in total. The summed E-state index contributed by atoms with van der Waals surface area (Å²) < 4.78 is 0.640. The van der Waals surface area contributed by atoms with E-state index in [0.29, 0.717) is 10.4 Å². The number of rotatable bonds is 1. The summed E-state index contributed by atoms with van der Waals surface area (Å²) in [4.78, 5) is 5.31. The van der Waals surface area contributed by atoms with E-state index in [-0.39, 0.29) is 5.41 Å². The standard InChI is InChI=1S/C9H14ClNS/c1-6(9(2,3)4)7-5-11-8(10)12-7/h5-6H,1-4H3. The number of aromatic nitrogens is 1. The average Bonchev–Trinajstić information content (AvgIpc) is 2.32. The Labute approximate surface area is 82.8 Å². The van der Waals surface area contributed by atoms with Crippen LogP contribution < -0.4 is 0 Å². The van der Waals surface area contributed by atoms with Crippen LogP contribution in [-0.4, -0.2) is 4.98 Å². The molecule has 3 heteroatoms. The SMILES string of the molecule is CC(c1cnc(Cl)s1)C(C)(C)C. The Kier molecular flexibility index (Phi) is 2.79. The van der Waals surface area contributed by atoms with Crippen molar-refractivity contribution in [3.63, 3.8) is 0 Å². The molecule has 68 valence electrons. The quantitative estimate of drug-likeness (QED) is 0.674. The first-order valence-corrected chi connectivity index (χ1v) is 5.22. The van der Waals surface area contributed by atoms with Crippen LogP contribution in [-0.2, 0) is 0 Å². The molecule has 0 aliphatic heterocycles. The summed E-state index contributed by atoms with van der Waals surface area (Å²) >= 11 is 7.34. The highest BCUT2D eigenvalue weighted by atomic mass is 35.5. The van der Waals surface area contributed by atoms with Crippen LogP contribution in [0.2, 0.25) is 4.47 Å². The van der Waals surface area contributed by atoms with Crippen LogP contribution in [0.3, 0.4) is 0 Å². The minimum absolute atomic E-state index is 0.288. The molecule has 0 radical (unpaired) electrons. The van der Waals surface area contributed by atoms with E-state index in [1.165, 1.54) is 4.88 Å². The maximum Gasteiger partial charge on any atom is 0.183 e. The van der Waals surface area contributed by atoms with E-state index < -0.39 is 0 Å². The maximum absolute atomic E-state index is 5.76. The van der Waals surface area contributed by atoms with Gasteiger partial charge in [0.15, 0.2) is 4.47 Å². The van der Waals surface area contributed by atoms with E-state index in [2.05, 4.69) is 32.7 Å². The Bertz CT molecular complexity index is 262. The second-order valence-corrected chi connectivity index (χ2v) is 5.75. The second kappa shape index (κ2) is 3.35. The lowest BCUT2D eigenvalue weighted by atomic mass is 9.81. The van der Waals surface area contributed by atoms with E-state index in [0.717, 1.165) is 0 Å². The molecule has 0 spiro atoms. The Hall–Kier alpha value is -0.0800. The van der Waals surface area contributed by atoms with Crippen molar-refractivity contribution in [2.45, 2.75) is 33.6 Å². The lowest BCUT2D eigenvalue weighted by Gasteiger charge is -2.25. The van der Waals surface area contributed by atoms with Gasteiger partial charge in [-0.05, 0) is 11.3 Å². The predicted octanol–water partition coefficient (Wildman–Crippen LogP) is 3.95. The molecule has 12 heavy (non-hydrogen) atoms. The van der Waals surface area contributed by atoms with Crippen LogP contribution >= 0.6 is 22.9 Å². The zero-order valence-electron chi connectivity index (χ0n) is 7.89. The number of halogens is 1. The zero-order valence-corrected chi connectivity index (χ0v) is 9.46. The number of hydrogen-bond donors (Lipinski definition) is 0. The summed E-state index contributed by atoms with van der Waals surface area (Å²) in [6.07, 6.45) is 1.88. The molecule has 0 bridgehead atoms. The summed E-state index contributed by atoms with van der Waals surface area (Å²) in [6, 6.07) is 0. The molecule has 0 aromatic carbocycles. The Morgan fingerprint density at radius 1 is 1.50 bits per heavy atom. The Balaban J connectivity index is 2.85. The van der Waals surface area contributed by atoms with E-state index in [4.69, 9.17) is 11.6 Å². The summed E-state index contributed by atoms with van der Waals surface area (Å²) in [5, 5.41) is 0. The van der Waals surface area contributed by atoms with E-state index in [1.54, 1.807) is 11.3 Å². The molecule has 1 unspecified atom stereocenters. The largest absolute Gasteiger partial charge is 0.233 e. The van der Waals surface area contributed by atoms with Crippen molar-refractivity contribution in [2.24, 2.45) is 5.41 Å². The van der Waals surface area contributed by atoms with Gasteiger partial charge >= 0.3 is 0 Å². The first-order valence-electron chi connectivity index (χ1n) is 4.02. The van der Waals surface area contributed by atoms with E-state index in [1.807, 2.05) is 6.20 Å². The number of thiazole rings is 1. The fraction of sp³-hybridized carbons (Fsp3) is 0.667. The van der Waals surface area contributed by atoms with Crippen molar-refractivity contribution < 1.29 is 0 Å². The molecule has 1 nitrogen and oxygen atoms in total. The first-order chi connectivity index (χ1) is 5.41. The van der Waals surface area contributed by atoms with Gasteiger partial charge in [-0.15, -0.1) is 11.3 Å². The molecule has 1 atom stereocenters. The molecule has 1 heterocycles. The maximum atomic E-state index is 5.76. The predicted molar refractivity (Wildman–Crippen MR) is 55.0 cm³/mol. The third kappa shape index (κ3) is 2.20. The Morgan fingerprint density at radius 2 is 2.08 bits per heavy atom. The monoisotopic (exact) mass is 203 g/mol. The molecule has 0 saturated carbocycles. The molecule has 0 aliphatic carbocycles. The highest BCUT2D eigenvalue weighted by Gasteiger charge is 2.23. The molecule has 0 aliphatic rings. The van der Waals surface area contributed by atoms with Gasteiger partial charge in [0.05, 0.1) is 0 Å². The highest BCUT2D eigenvalue weighted by Crippen LogP contribution is 2.37. The minimum Gasteiger partial charge on any atom is -0.233 e. The van der Waals surface area contributed by atoms with Crippen LogP contribution in [0.15, 0.2) is 6.20 Å². The van der Waals surface area contributed by atoms with Crippen LogP contribution in [0.5, 0.6) is 0 Å². The third-order valence-corrected chi connectivity index (χ3v) is 3.52. The smallest absolute Gasteiger partial charge is 0.183 e. The summed E-state index contributed by atoms with van der Waals surface area (Å²) in [5.41, 5.74) is 0.288. The van der Waals surface area contributed by atoms with Gasteiger partial charge in [0.1, 0.15) is 0 Å². The third-order valence-electron chi connectivity index (χ3n) is 2.22. The van der Waals surface area contributed by atoms with Gasteiger partial charge in [-0.3, -0.25) is 0 Å². The molecule has 0 saturated heterocycles. The van der Waals surface area contributed by atoms with Crippen LogP contribution in [0, 0.1) is 5.41 Å². The van der Waals surface area contributed by atoms with Gasteiger partial charge in [-0.25, -0.2) is 4.98 Å². The van der Waals surface area contributed by atoms with Crippen LogP contribution in [0.1, 0.15) is 38.5 Å². The van der Waals surface area contributed by atoms with Gasteiger partial charge in [0.2, 0.25) is 0 Å². The van der Waals surface area contributed by atoms with Crippen LogP contribution in [0.25, 0.3) is 0 Å². The number of hydrogen-bond acceptors (Lipinski definition) is 2. The molecule has 1 rings (SSSR count). The molecular weight excluding hydrogens is 190 g/mol. The van der Waals surface area contributed by atoms with Crippen molar-refractivity contribution in [3.8, 4) is 0 Å². The van der Waals surface area contributed by atoms with Gasteiger partial charge in [0, 0.05) is 11.1 Å². The summed E-state index contributed by atoms with van der Waals surface area (Å²) in [6.45, 7) is 8.89. The van der Waals surface area contributed by atoms with E-state index >= 15 is 0 Å². The molecule has 1 aromatic rings. The van der Waals surface area contributed by atoms with Crippen molar-refractivity contribution in [1.82, 2.24) is 4.98 Å². The minimum atomic E-state index is 0.288. The second-order valence-electron chi connectivity index (χ2n) is 4.10. The van der Waals surface area contributed by atoms with E-state index in [9.17, 15) is 0 Å². The molecule has 0 amide bonds. The molecule has 1 aromatic heterocycles. The van der Waals surface area contributed by atoms with Crippen molar-refractivity contribution in [3.05, 3.63) is 15.5 Å². The highest BCUT2D eigenvalue weighted by molar-refractivity contribution is 7.15. The first kappa shape index (κ1) is 10.0. The van der Waals surface area contributed by atoms with Crippen LogP contribution in [0.4, 0.5) is 0 Å². The fourth-order valence-electron chi connectivity index (χ4n) is 0.891. The topological polar surface area (TPSA) is 12.9 Å². The Morgan fingerprint density at radius 3 is 2.42 bits per heavy atom. The average molecular weight is 204 g/mol. The fourth-order valence-corrected chi connectivity index (χ4v) is 2.14. The normalized spacial score (nSPS) is 14.8. The number of nitrogens with zero attached hydrogens (tertiary/aromatic N) is 1. The molecular formula is C9H14ClNS. The van der Waals surface area contributed by atoms with Gasteiger partial charge in [0.25, 0.3) is 0 Å². The molecule has 0 fully saturated rings. The van der Waals surface area contributed by atoms with Gasteiger partial charge in [-0.1, -0.05) is 39.3 Å². The summed E-state index contributed by atoms with van der Waals surface area (Å²) in [7, 11) is 0. The van der Waals surface area contributed by atoms with Gasteiger partial charge < -0.3 is 0 Å². The lowest BCUT2D eigenvalue weighted by molar-refractivity contribution is 0.343. The summed E-state index contributed by atoms with van der Waals surface area (Å²) in [5.74, 6) is 0.516. The zero-order chi connectivity index (χ0) is 9.35. The van der Waals surface area contributed by atoms with Crippen molar-refractivity contribution in [2.75, 3.05) is 0 Å².